The van der Waals surface area contributed by atoms with Gasteiger partial charge in [-0.15, -0.1) is 11.3 Å². The van der Waals surface area contributed by atoms with Crippen molar-refractivity contribution in [3.8, 4) is 10.6 Å². The molecule has 1 fully saturated rings. The van der Waals surface area contributed by atoms with Crippen LogP contribution in [-0.2, 0) is 6.42 Å². The smallest absolute Gasteiger partial charge is 0.138 e. The molecule has 1 aliphatic heterocycles. The highest BCUT2D eigenvalue weighted by Crippen LogP contribution is 2.24. The Labute approximate surface area is 146 Å². The molecule has 3 heterocycles. The zero-order valence-electron chi connectivity index (χ0n) is 13.6. The minimum absolute atomic E-state index is 0.920. The van der Waals surface area contributed by atoms with Crippen LogP contribution in [0.2, 0.25) is 0 Å². The third-order valence-electron chi connectivity index (χ3n) is 4.50. The van der Waals surface area contributed by atoms with Gasteiger partial charge < -0.3 is 9.42 Å². The number of para-hydroxylation sites is 1. The number of piperazine rings is 1. The van der Waals surface area contributed by atoms with Gasteiger partial charge in [-0.3, -0.25) is 4.90 Å². The van der Waals surface area contributed by atoms with Crippen LogP contribution >= 0.6 is 11.3 Å². The summed E-state index contributed by atoms with van der Waals surface area (Å²) in [7, 11) is 0. The number of anilines is 1. The van der Waals surface area contributed by atoms with Gasteiger partial charge in [-0.1, -0.05) is 29.4 Å². The Morgan fingerprint density at radius 2 is 1.83 bits per heavy atom. The lowest BCUT2D eigenvalue weighted by Gasteiger charge is -2.36. The van der Waals surface area contributed by atoms with Crippen LogP contribution in [0.5, 0.6) is 0 Å². The average Bonchev–Trinajstić information content (AvgIpc) is 3.33. The summed E-state index contributed by atoms with van der Waals surface area (Å²) in [5.41, 5.74) is 2.28. The highest BCUT2D eigenvalue weighted by molar-refractivity contribution is 7.13. The van der Waals surface area contributed by atoms with Crippen LogP contribution in [0.15, 0.2) is 58.4 Å². The Bertz CT molecular complexity index is 746. The second kappa shape index (κ2) is 7.20. The second-order valence-electron chi connectivity index (χ2n) is 6.07. The Hall–Kier alpha value is -2.11. The monoisotopic (exact) mass is 339 g/mol. The highest BCUT2D eigenvalue weighted by atomic mass is 32.1. The topological polar surface area (TPSA) is 32.5 Å². The molecule has 0 spiro atoms. The first-order chi connectivity index (χ1) is 11.9. The average molecular weight is 339 g/mol. The molecule has 5 heteroatoms. The molecule has 0 saturated carbocycles. The summed E-state index contributed by atoms with van der Waals surface area (Å²) < 4.78 is 5.49. The lowest BCUT2D eigenvalue weighted by Crippen LogP contribution is -2.46. The first-order valence-electron chi connectivity index (χ1n) is 8.40. The summed E-state index contributed by atoms with van der Waals surface area (Å²) in [5, 5.41) is 6.25. The van der Waals surface area contributed by atoms with E-state index in [4.69, 9.17) is 4.52 Å². The van der Waals surface area contributed by atoms with E-state index in [1.807, 2.05) is 6.07 Å². The zero-order chi connectivity index (χ0) is 16.2. The fraction of sp³-hybridized carbons (Fsp3) is 0.316. The van der Waals surface area contributed by atoms with E-state index in [9.17, 15) is 0 Å². The van der Waals surface area contributed by atoms with Gasteiger partial charge >= 0.3 is 0 Å². The number of hydrogen-bond acceptors (Lipinski definition) is 5. The Balaban J connectivity index is 1.27. The van der Waals surface area contributed by atoms with Gasteiger partial charge in [0, 0.05) is 50.9 Å². The summed E-state index contributed by atoms with van der Waals surface area (Å²) in [6.07, 6.45) is 0.920. The van der Waals surface area contributed by atoms with Gasteiger partial charge in [0.1, 0.15) is 11.5 Å². The molecule has 0 atom stereocenters. The molecule has 1 aliphatic rings. The molecule has 4 nitrogen and oxygen atoms in total. The first-order valence-corrected chi connectivity index (χ1v) is 9.28. The summed E-state index contributed by atoms with van der Waals surface area (Å²) >= 11 is 1.70. The van der Waals surface area contributed by atoms with Gasteiger partial charge in [0.2, 0.25) is 0 Å². The van der Waals surface area contributed by atoms with Crippen LogP contribution in [0.3, 0.4) is 0 Å². The predicted molar refractivity (Wildman–Crippen MR) is 98.6 cm³/mol. The van der Waals surface area contributed by atoms with E-state index in [1.165, 1.54) is 10.6 Å². The normalized spacial score (nSPS) is 15.8. The van der Waals surface area contributed by atoms with Gasteiger partial charge in [0.15, 0.2) is 0 Å². The predicted octanol–water partition coefficient (Wildman–Crippen LogP) is 3.77. The van der Waals surface area contributed by atoms with E-state index in [-0.39, 0.29) is 0 Å². The van der Waals surface area contributed by atoms with Gasteiger partial charge in [0.05, 0.1) is 4.88 Å². The maximum Gasteiger partial charge on any atom is 0.138 e. The fourth-order valence-electron chi connectivity index (χ4n) is 3.11. The van der Waals surface area contributed by atoms with Crippen molar-refractivity contribution in [2.75, 3.05) is 37.6 Å². The van der Waals surface area contributed by atoms with Crippen molar-refractivity contribution >= 4 is 17.0 Å². The minimum Gasteiger partial charge on any atom is -0.369 e. The molecule has 0 N–H and O–H groups in total. The van der Waals surface area contributed by atoms with Crippen molar-refractivity contribution in [1.29, 1.82) is 0 Å². The van der Waals surface area contributed by atoms with E-state index < -0.39 is 0 Å². The standard InChI is InChI=1S/C19H21N3OS/c1-2-5-16(6-3-1)22-12-10-21(11-13-22)9-8-17-15-18(20-23-17)19-7-4-14-24-19/h1-7,14-15H,8-13H2. The number of hydrogen-bond donors (Lipinski definition) is 0. The molecule has 0 radical (unpaired) electrons. The van der Waals surface area contributed by atoms with Crippen molar-refractivity contribution in [2.45, 2.75) is 6.42 Å². The van der Waals surface area contributed by atoms with Crippen LogP contribution in [0.25, 0.3) is 10.6 Å². The molecular weight excluding hydrogens is 318 g/mol. The lowest BCUT2D eigenvalue weighted by molar-refractivity contribution is 0.251. The van der Waals surface area contributed by atoms with Crippen LogP contribution in [-0.4, -0.2) is 42.8 Å². The van der Waals surface area contributed by atoms with Crippen LogP contribution in [0.4, 0.5) is 5.69 Å². The fourth-order valence-corrected chi connectivity index (χ4v) is 3.79. The third-order valence-corrected chi connectivity index (χ3v) is 5.39. The Morgan fingerprint density at radius 3 is 2.58 bits per heavy atom. The van der Waals surface area contributed by atoms with Gasteiger partial charge in [0.25, 0.3) is 0 Å². The van der Waals surface area contributed by atoms with E-state index in [1.54, 1.807) is 11.3 Å². The molecule has 124 valence electrons. The van der Waals surface area contributed by atoms with Crippen LogP contribution in [0.1, 0.15) is 5.76 Å². The first kappa shape index (κ1) is 15.4. The molecule has 2 aromatic heterocycles. The van der Waals surface area contributed by atoms with E-state index >= 15 is 0 Å². The zero-order valence-corrected chi connectivity index (χ0v) is 14.4. The highest BCUT2D eigenvalue weighted by Gasteiger charge is 2.17. The molecular formula is C19H21N3OS. The third kappa shape index (κ3) is 3.52. The molecule has 1 aromatic carbocycles. The number of benzene rings is 1. The SMILES string of the molecule is c1ccc(N2CCN(CCc3cc(-c4cccs4)no3)CC2)cc1. The molecule has 0 bridgehead atoms. The van der Waals surface area contributed by atoms with Crippen molar-refractivity contribution in [3.63, 3.8) is 0 Å². The molecule has 0 amide bonds. The summed E-state index contributed by atoms with van der Waals surface area (Å²) in [4.78, 5) is 6.13. The van der Waals surface area contributed by atoms with Gasteiger partial charge in [-0.2, -0.15) is 0 Å². The minimum atomic E-state index is 0.920. The van der Waals surface area contributed by atoms with E-state index in [0.29, 0.717) is 0 Å². The van der Waals surface area contributed by atoms with Crippen molar-refractivity contribution in [3.05, 3.63) is 59.7 Å². The molecule has 1 saturated heterocycles. The summed E-state index contributed by atoms with van der Waals surface area (Å²) in [6, 6.07) is 16.9. The van der Waals surface area contributed by atoms with Crippen molar-refractivity contribution in [1.82, 2.24) is 10.1 Å². The maximum atomic E-state index is 5.49. The summed E-state index contributed by atoms with van der Waals surface area (Å²) in [6.45, 7) is 5.39. The largest absolute Gasteiger partial charge is 0.369 e. The van der Waals surface area contributed by atoms with Gasteiger partial charge in [-0.05, 0) is 23.6 Å². The molecule has 24 heavy (non-hydrogen) atoms. The molecule has 4 rings (SSSR count). The molecule has 0 aliphatic carbocycles. The van der Waals surface area contributed by atoms with Crippen LogP contribution in [0, 0.1) is 0 Å². The number of aromatic nitrogens is 1. The van der Waals surface area contributed by atoms with Crippen molar-refractivity contribution in [2.24, 2.45) is 0 Å². The lowest BCUT2D eigenvalue weighted by atomic mass is 10.2. The number of nitrogens with zero attached hydrogens (tertiary/aromatic N) is 3. The molecule has 3 aromatic rings. The van der Waals surface area contributed by atoms with E-state index in [0.717, 1.165) is 50.6 Å². The number of thiophene rings is 1. The maximum absolute atomic E-state index is 5.49. The second-order valence-corrected chi connectivity index (χ2v) is 7.02. The Morgan fingerprint density at radius 1 is 1.00 bits per heavy atom. The van der Waals surface area contributed by atoms with Crippen LogP contribution < -0.4 is 4.90 Å². The quantitative estimate of drug-likeness (QED) is 0.708. The van der Waals surface area contributed by atoms with Crippen molar-refractivity contribution < 1.29 is 4.52 Å². The van der Waals surface area contributed by atoms with Gasteiger partial charge in [-0.25, -0.2) is 0 Å². The summed E-state index contributed by atoms with van der Waals surface area (Å²) in [5.74, 6) is 0.976. The molecule has 0 unspecified atom stereocenters. The number of rotatable bonds is 5. The Kier molecular flexibility index (Phi) is 4.62. The van der Waals surface area contributed by atoms with E-state index in [2.05, 4.69) is 62.8 Å².